The fourth-order valence-electron chi connectivity index (χ4n) is 5.14. The van der Waals surface area contributed by atoms with Crippen LogP contribution in [-0.2, 0) is 17.8 Å². The first-order chi connectivity index (χ1) is 15.9. The van der Waals surface area contributed by atoms with Gasteiger partial charge in [-0.1, -0.05) is 32.8 Å². The molecule has 8 nitrogen and oxygen atoms in total. The topological polar surface area (TPSA) is 81.9 Å². The molecular weight excluding hydrogens is 418 g/mol. The standard InChI is InChI=1S/C25H31N5O3/c1-15-6-5-7-20(18(15)4)29(13-19-8-9-21-22(11-19)33-14-32-21)24(31)12-23-27-25-26-16(2)10-17(3)30(25)28-23/h8-11,15,18,20H,5-7,12-14H2,1-4H3. The first kappa shape index (κ1) is 21.7. The van der Waals surface area contributed by atoms with Crippen molar-refractivity contribution in [1.29, 1.82) is 0 Å². The average molecular weight is 450 g/mol. The second-order valence-electron chi connectivity index (χ2n) is 9.50. The molecule has 2 aliphatic rings. The molecule has 5 rings (SSSR count). The van der Waals surface area contributed by atoms with Gasteiger partial charge >= 0.3 is 0 Å². The lowest BCUT2D eigenvalue weighted by Crippen LogP contribution is -2.47. The highest BCUT2D eigenvalue weighted by atomic mass is 16.7. The predicted molar refractivity (Wildman–Crippen MR) is 123 cm³/mol. The van der Waals surface area contributed by atoms with Crippen molar-refractivity contribution < 1.29 is 14.3 Å². The molecular formula is C25H31N5O3. The molecule has 1 aliphatic heterocycles. The van der Waals surface area contributed by atoms with E-state index in [9.17, 15) is 4.79 Å². The Balaban J connectivity index is 1.43. The highest BCUT2D eigenvalue weighted by Crippen LogP contribution is 2.36. The molecule has 1 saturated carbocycles. The molecule has 3 heterocycles. The van der Waals surface area contributed by atoms with Crippen LogP contribution in [0.25, 0.3) is 5.78 Å². The Labute approximate surface area is 193 Å². The van der Waals surface area contributed by atoms with Crippen molar-refractivity contribution in [3.63, 3.8) is 0 Å². The molecule has 0 bridgehead atoms. The summed E-state index contributed by atoms with van der Waals surface area (Å²) in [5.74, 6) is 3.60. The van der Waals surface area contributed by atoms with Crippen LogP contribution < -0.4 is 9.47 Å². The normalized spacial score (nSPS) is 22.0. The van der Waals surface area contributed by atoms with Gasteiger partial charge in [-0.2, -0.15) is 4.98 Å². The molecule has 3 atom stereocenters. The zero-order valence-corrected chi connectivity index (χ0v) is 19.7. The second-order valence-corrected chi connectivity index (χ2v) is 9.50. The summed E-state index contributed by atoms with van der Waals surface area (Å²) in [7, 11) is 0. The zero-order valence-electron chi connectivity index (χ0n) is 19.7. The number of nitrogens with zero attached hydrogens (tertiary/aromatic N) is 5. The van der Waals surface area contributed by atoms with Gasteiger partial charge in [-0.15, -0.1) is 5.10 Å². The highest BCUT2D eigenvalue weighted by molar-refractivity contribution is 5.78. The predicted octanol–water partition coefficient (Wildman–Crippen LogP) is 3.87. The summed E-state index contributed by atoms with van der Waals surface area (Å²) >= 11 is 0. The van der Waals surface area contributed by atoms with E-state index in [0.717, 1.165) is 41.3 Å². The van der Waals surface area contributed by atoms with Crippen molar-refractivity contribution in [2.24, 2.45) is 11.8 Å². The van der Waals surface area contributed by atoms with Crippen LogP contribution in [-0.4, -0.2) is 43.2 Å². The molecule has 3 aromatic rings. The maximum atomic E-state index is 13.7. The summed E-state index contributed by atoms with van der Waals surface area (Å²) in [6.45, 7) is 9.24. The molecule has 3 unspecified atom stereocenters. The van der Waals surface area contributed by atoms with Crippen LogP contribution in [0.3, 0.4) is 0 Å². The third-order valence-corrected chi connectivity index (χ3v) is 7.15. The maximum absolute atomic E-state index is 13.7. The van der Waals surface area contributed by atoms with Crippen LogP contribution in [0.5, 0.6) is 11.5 Å². The number of fused-ring (bicyclic) bond motifs is 2. The van der Waals surface area contributed by atoms with E-state index in [0.29, 0.717) is 30.0 Å². The molecule has 0 saturated heterocycles. The number of hydrogen-bond acceptors (Lipinski definition) is 6. The van der Waals surface area contributed by atoms with Crippen LogP contribution in [0.1, 0.15) is 55.9 Å². The Morgan fingerprint density at radius 2 is 1.94 bits per heavy atom. The van der Waals surface area contributed by atoms with Crippen LogP contribution in [0.4, 0.5) is 0 Å². The first-order valence-electron chi connectivity index (χ1n) is 11.8. The van der Waals surface area contributed by atoms with E-state index in [1.165, 1.54) is 6.42 Å². The molecule has 2 aromatic heterocycles. The molecule has 1 aliphatic carbocycles. The van der Waals surface area contributed by atoms with E-state index >= 15 is 0 Å². The Morgan fingerprint density at radius 1 is 1.12 bits per heavy atom. The lowest BCUT2D eigenvalue weighted by atomic mass is 9.77. The number of ether oxygens (including phenoxy) is 2. The van der Waals surface area contributed by atoms with Crippen LogP contribution in [0.15, 0.2) is 24.3 Å². The number of aryl methyl sites for hydroxylation is 2. The Kier molecular flexibility index (Phi) is 5.68. The van der Waals surface area contributed by atoms with Crippen LogP contribution >= 0.6 is 0 Å². The number of amides is 1. The molecule has 0 radical (unpaired) electrons. The van der Waals surface area contributed by atoms with Gasteiger partial charge in [-0.25, -0.2) is 9.50 Å². The van der Waals surface area contributed by atoms with Crippen molar-refractivity contribution in [3.8, 4) is 11.5 Å². The molecule has 1 aromatic carbocycles. The van der Waals surface area contributed by atoms with Crippen molar-refractivity contribution >= 4 is 11.7 Å². The molecule has 0 N–H and O–H groups in total. The molecule has 33 heavy (non-hydrogen) atoms. The monoisotopic (exact) mass is 449 g/mol. The number of hydrogen-bond donors (Lipinski definition) is 0. The van der Waals surface area contributed by atoms with Crippen LogP contribution in [0, 0.1) is 25.7 Å². The summed E-state index contributed by atoms with van der Waals surface area (Å²) in [6, 6.07) is 8.08. The second kappa shape index (κ2) is 8.65. The molecule has 8 heteroatoms. The summed E-state index contributed by atoms with van der Waals surface area (Å²) in [6.07, 6.45) is 3.52. The number of carbonyl (C=O) groups is 1. The van der Waals surface area contributed by atoms with Gasteiger partial charge in [0.05, 0.1) is 6.42 Å². The Bertz CT molecular complexity index is 1190. The van der Waals surface area contributed by atoms with Gasteiger partial charge in [0.1, 0.15) is 0 Å². The van der Waals surface area contributed by atoms with Gasteiger partial charge in [0.2, 0.25) is 12.7 Å². The van der Waals surface area contributed by atoms with Gasteiger partial charge in [-0.05, 0) is 55.9 Å². The number of carbonyl (C=O) groups excluding carboxylic acids is 1. The maximum Gasteiger partial charge on any atom is 0.252 e. The molecule has 174 valence electrons. The summed E-state index contributed by atoms with van der Waals surface area (Å²) < 4.78 is 12.7. The Morgan fingerprint density at radius 3 is 2.79 bits per heavy atom. The third-order valence-electron chi connectivity index (χ3n) is 7.15. The van der Waals surface area contributed by atoms with E-state index < -0.39 is 0 Å². The lowest BCUT2D eigenvalue weighted by Gasteiger charge is -2.41. The average Bonchev–Trinajstić information content (AvgIpc) is 3.40. The zero-order chi connectivity index (χ0) is 23.1. The first-order valence-corrected chi connectivity index (χ1v) is 11.8. The minimum atomic E-state index is 0.0453. The minimum Gasteiger partial charge on any atom is -0.454 e. The van der Waals surface area contributed by atoms with E-state index in [2.05, 4.69) is 28.9 Å². The fraction of sp³-hybridized carbons (Fsp3) is 0.520. The van der Waals surface area contributed by atoms with Crippen molar-refractivity contribution in [2.45, 2.75) is 66.0 Å². The van der Waals surface area contributed by atoms with Gasteiger partial charge in [0.25, 0.3) is 5.78 Å². The van der Waals surface area contributed by atoms with Crippen molar-refractivity contribution in [2.75, 3.05) is 6.79 Å². The fourth-order valence-corrected chi connectivity index (χ4v) is 5.14. The number of aromatic nitrogens is 4. The number of benzene rings is 1. The van der Waals surface area contributed by atoms with Gasteiger partial charge in [0.15, 0.2) is 17.3 Å². The summed E-state index contributed by atoms with van der Waals surface area (Å²) in [4.78, 5) is 24.7. The van der Waals surface area contributed by atoms with Gasteiger partial charge in [0, 0.05) is 24.0 Å². The van der Waals surface area contributed by atoms with E-state index in [-0.39, 0.29) is 25.2 Å². The smallest absolute Gasteiger partial charge is 0.252 e. The quantitative estimate of drug-likeness (QED) is 0.588. The largest absolute Gasteiger partial charge is 0.454 e. The SMILES string of the molecule is Cc1cc(C)n2nc(CC(=O)N(Cc3ccc4c(c3)OCO4)C3CCCC(C)C3C)nc2n1. The Hall–Kier alpha value is -3.16. The lowest BCUT2D eigenvalue weighted by molar-refractivity contribution is -0.136. The minimum absolute atomic E-state index is 0.0453. The van der Waals surface area contributed by atoms with Crippen molar-refractivity contribution in [3.05, 3.63) is 47.0 Å². The summed E-state index contributed by atoms with van der Waals surface area (Å²) in [5.41, 5.74) is 2.88. The third kappa shape index (κ3) is 4.26. The van der Waals surface area contributed by atoms with Crippen molar-refractivity contribution in [1.82, 2.24) is 24.5 Å². The van der Waals surface area contributed by atoms with Crippen LogP contribution in [0.2, 0.25) is 0 Å². The van der Waals surface area contributed by atoms with E-state index in [1.54, 1.807) is 4.52 Å². The molecule has 0 spiro atoms. The highest BCUT2D eigenvalue weighted by Gasteiger charge is 2.34. The number of rotatable bonds is 5. The molecule has 1 fully saturated rings. The molecule has 1 amide bonds. The van der Waals surface area contributed by atoms with Gasteiger partial charge in [-0.3, -0.25) is 4.79 Å². The van der Waals surface area contributed by atoms with E-state index in [1.807, 2.05) is 43.0 Å². The summed E-state index contributed by atoms with van der Waals surface area (Å²) in [5, 5.41) is 4.57. The van der Waals surface area contributed by atoms with E-state index in [4.69, 9.17) is 9.47 Å². The van der Waals surface area contributed by atoms with Gasteiger partial charge < -0.3 is 14.4 Å².